The van der Waals surface area contributed by atoms with Crippen molar-refractivity contribution >= 4 is 27.5 Å². The zero-order chi connectivity index (χ0) is 15.4. The molecule has 2 atom stereocenters. The van der Waals surface area contributed by atoms with Crippen molar-refractivity contribution in [3.63, 3.8) is 0 Å². The summed E-state index contributed by atoms with van der Waals surface area (Å²) in [5.74, 6) is 0.787. The average Bonchev–Trinajstić information content (AvgIpc) is 2.72. The molecule has 1 aliphatic heterocycles. The maximum atomic E-state index is 12.1. The Labute approximate surface area is 134 Å². The van der Waals surface area contributed by atoms with Crippen molar-refractivity contribution in [3.05, 3.63) is 22.2 Å². The molecule has 116 valence electrons. The Morgan fingerprint density at radius 2 is 2.14 bits per heavy atom. The molecule has 0 spiro atoms. The molecular weight excluding hydrogens is 332 g/mol. The number of rotatable bonds is 7. The van der Waals surface area contributed by atoms with E-state index in [2.05, 4.69) is 47.3 Å². The average molecular weight is 355 g/mol. The Morgan fingerprint density at radius 3 is 2.81 bits per heavy atom. The standard InChI is InChI=1S/C16H23BrN2O2/c1-4-6-10(3)21-14-9-13-11(8-12(14)17)15(16(20)19-13)18-7-5-2/h8-10,15,18H,4-7H2,1-3H3,(H,19,20). The summed E-state index contributed by atoms with van der Waals surface area (Å²) >= 11 is 3.55. The Kier molecular flexibility index (Phi) is 5.65. The second-order valence-corrected chi connectivity index (χ2v) is 6.32. The van der Waals surface area contributed by atoms with Gasteiger partial charge in [-0.2, -0.15) is 0 Å². The molecule has 0 aliphatic carbocycles. The lowest BCUT2D eigenvalue weighted by Gasteiger charge is -2.17. The quantitative estimate of drug-likeness (QED) is 0.777. The molecule has 1 amide bonds. The van der Waals surface area contributed by atoms with Gasteiger partial charge in [-0.1, -0.05) is 20.3 Å². The van der Waals surface area contributed by atoms with Crippen LogP contribution in [0.25, 0.3) is 0 Å². The summed E-state index contributed by atoms with van der Waals surface area (Å²) in [5.41, 5.74) is 1.83. The van der Waals surface area contributed by atoms with Gasteiger partial charge < -0.3 is 15.4 Å². The van der Waals surface area contributed by atoms with Gasteiger partial charge in [-0.25, -0.2) is 0 Å². The minimum absolute atomic E-state index is 0.00380. The topological polar surface area (TPSA) is 50.4 Å². The van der Waals surface area contributed by atoms with Crippen molar-refractivity contribution in [3.8, 4) is 5.75 Å². The zero-order valence-corrected chi connectivity index (χ0v) is 14.4. The Morgan fingerprint density at radius 1 is 1.38 bits per heavy atom. The second-order valence-electron chi connectivity index (χ2n) is 5.46. The predicted molar refractivity (Wildman–Crippen MR) is 88.8 cm³/mol. The van der Waals surface area contributed by atoms with Crippen LogP contribution < -0.4 is 15.4 Å². The summed E-state index contributed by atoms with van der Waals surface area (Å²) in [6.45, 7) is 7.11. The van der Waals surface area contributed by atoms with Crippen molar-refractivity contribution in [2.24, 2.45) is 0 Å². The van der Waals surface area contributed by atoms with Crippen molar-refractivity contribution in [1.82, 2.24) is 5.32 Å². The van der Waals surface area contributed by atoms with Gasteiger partial charge in [-0.05, 0) is 48.3 Å². The summed E-state index contributed by atoms with van der Waals surface area (Å²) in [6, 6.07) is 3.63. The number of hydrogen-bond donors (Lipinski definition) is 2. The Bertz CT molecular complexity index is 519. The van der Waals surface area contributed by atoms with E-state index in [0.717, 1.165) is 47.3 Å². The maximum absolute atomic E-state index is 12.1. The number of halogens is 1. The summed E-state index contributed by atoms with van der Waals surface area (Å²) in [6.07, 6.45) is 3.26. The number of hydrogen-bond acceptors (Lipinski definition) is 3. The molecule has 0 aromatic heterocycles. The van der Waals surface area contributed by atoms with E-state index < -0.39 is 0 Å². The molecule has 0 bridgehead atoms. The number of carbonyl (C=O) groups is 1. The molecule has 0 saturated carbocycles. The molecule has 2 rings (SSSR count). The summed E-state index contributed by atoms with van der Waals surface area (Å²) in [4.78, 5) is 12.1. The van der Waals surface area contributed by atoms with E-state index >= 15 is 0 Å². The normalized spacial score (nSPS) is 18.3. The SMILES string of the molecule is CCCNC1C(=O)Nc2cc(OC(C)CCC)c(Br)cc21. The minimum Gasteiger partial charge on any atom is -0.489 e. The molecule has 1 aromatic carbocycles. The van der Waals surface area contributed by atoms with Gasteiger partial charge >= 0.3 is 0 Å². The van der Waals surface area contributed by atoms with Crippen LogP contribution in [0.15, 0.2) is 16.6 Å². The molecule has 5 heteroatoms. The lowest BCUT2D eigenvalue weighted by atomic mass is 10.1. The van der Waals surface area contributed by atoms with Crippen LogP contribution in [0, 0.1) is 0 Å². The molecule has 1 aromatic rings. The number of nitrogens with one attached hydrogen (secondary N) is 2. The van der Waals surface area contributed by atoms with E-state index in [0.29, 0.717) is 0 Å². The number of amides is 1. The van der Waals surface area contributed by atoms with Crippen LogP contribution in [0.4, 0.5) is 5.69 Å². The van der Waals surface area contributed by atoms with Crippen LogP contribution in [-0.4, -0.2) is 18.6 Å². The van der Waals surface area contributed by atoms with Gasteiger partial charge in [-0.3, -0.25) is 4.79 Å². The highest BCUT2D eigenvalue weighted by Gasteiger charge is 2.31. The first-order chi connectivity index (χ1) is 10.1. The fourth-order valence-electron chi connectivity index (χ4n) is 2.53. The van der Waals surface area contributed by atoms with Crippen LogP contribution in [0.3, 0.4) is 0 Å². The smallest absolute Gasteiger partial charge is 0.246 e. The first kappa shape index (κ1) is 16.3. The fraction of sp³-hybridized carbons (Fsp3) is 0.562. The molecule has 2 N–H and O–H groups in total. The maximum Gasteiger partial charge on any atom is 0.246 e. The fourth-order valence-corrected chi connectivity index (χ4v) is 2.98. The molecule has 21 heavy (non-hydrogen) atoms. The van der Waals surface area contributed by atoms with E-state index in [9.17, 15) is 4.79 Å². The number of fused-ring (bicyclic) bond motifs is 1. The van der Waals surface area contributed by atoms with Gasteiger partial charge in [0.25, 0.3) is 0 Å². The highest BCUT2D eigenvalue weighted by atomic mass is 79.9. The molecule has 4 nitrogen and oxygen atoms in total. The molecule has 1 aliphatic rings. The van der Waals surface area contributed by atoms with E-state index in [1.54, 1.807) is 0 Å². The molecule has 0 radical (unpaired) electrons. The third kappa shape index (κ3) is 3.77. The van der Waals surface area contributed by atoms with Crippen LogP contribution in [0.2, 0.25) is 0 Å². The number of anilines is 1. The van der Waals surface area contributed by atoms with Crippen LogP contribution >= 0.6 is 15.9 Å². The lowest BCUT2D eigenvalue weighted by molar-refractivity contribution is -0.117. The third-order valence-electron chi connectivity index (χ3n) is 3.56. The predicted octanol–water partition coefficient (Wildman–Crippen LogP) is 4.01. The van der Waals surface area contributed by atoms with Gasteiger partial charge in [0.2, 0.25) is 5.91 Å². The van der Waals surface area contributed by atoms with E-state index in [1.807, 2.05) is 12.1 Å². The Balaban J connectivity index is 2.20. The first-order valence-electron chi connectivity index (χ1n) is 7.61. The summed E-state index contributed by atoms with van der Waals surface area (Å²) in [7, 11) is 0. The van der Waals surface area contributed by atoms with Crippen molar-refractivity contribution in [1.29, 1.82) is 0 Å². The van der Waals surface area contributed by atoms with Gasteiger partial charge in [0.15, 0.2) is 0 Å². The lowest BCUT2D eigenvalue weighted by Crippen LogP contribution is -2.28. The Hall–Kier alpha value is -1.07. The molecular formula is C16H23BrN2O2. The molecule has 0 saturated heterocycles. The van der Waals surface area contributed by atoms with Gasteiger partial charge in [0.1, 0.15) is 11.8 Å². The highest BCUT2D eigenvalue weighted by Crippen LogP contribution is 2.39. The summed E-state index contributed by atoms with van der Waals surface area (Å²) < 4.78 is 6.84. The van der Waals surface area contributed by atoms with Crippen molar-refractivity contribution in [2.45, 2.75) is 52.2 Å². The van der Waals surface area contributed by atoms with Crippen molar-refractivity contribution in [2.75, 3.05) is 11.9 Å². The summed E-state index contributed by atoms with van der Waals surface area (Å²) in [5, 5.41) is 6.20. The number of ether oxygens (including phenoxy) is 1. The molecule has 0 fully saturated rings. The van der Waals surface area contributed by atoms with Gasteiger partial charge in [-0.15, -0.1) is 0 Å². The molecule has 1 heterocycles. The van der Waals surface area contributed by atoms with Crippen molar-refractivity contribution < 1.29 is 9.53 Å². The van der Waals surface area contributed by atoms with E-state index in [4.69, 9.17) is 4.74 Å². The van der Waals surface area contributed by atoms with Gasteiger partial charge in [0.05, 0.1) is 10.6 Å². The third-order valence-corrected chi connectivity index (χ3v) is 4.18. The van der Waals surface area contributed by atoms with Crippen LogP contribution in [0.1, 0.15) is 51.6 Å². The highest BCUT2D eigenvalue weighted by molar-refractivity contribution is 9.10. The first-order valence-corrected chi connectivity index (χ1v) is 8.40. The van der Waals surface area contributed by atoms with Crippen LogP contribution in [-0.2, 0) is 4.79 Å². The minimum atomic E-state index is -0.265. The number of carbonyl (C=O) groups excluding carboxylic acids is 1. The van der Waals surface area contributed by atoms with E-state index in [1.165, 1.54) is 0 Å². The van der Waals surface area contributed by atoms with E-state index in [-0.39, 0.29) is 18.1 Å². The largest absolute Gasteiger partial charge is 0.489 e. The molecule has 2 unspecified atom stereocenters. The van der Waals surface area contributed by atoms with Crippen LogP contribution in [0.5, 0.6) is 5.75 Å². The second kappa shape index (κ2) is 7.27. The monoisotopic (exact) mass is 354 g/mol. The zero-order valence-electron chi connectivity index (χ0n) is 12.8. The number of benzene rings is 1. The van der Waals surface area contributed by atoms with Gasteiger partial charge in [0, 0.05) is 17.3 Å².